The number of hydrogen-bond donors (Lipinski definition) is 1. The second-order valence-electron chi connectivity index (χ2n) is 5.75. The summed E-state index contributed by atoms with van der Waals surface area (Å²) in [6.07, 6.45) is 10.8. The number of nitrogens with one attached hydrogen (secondary N) is 1. The van der Waals surface area contributed by atoms with E-state index in [1.807, 2.05) is 0 Å². The van der Waals surface area contributed by atoms with Crippen molar-refractivity contribution < 1.29 is 0 Å². The van der Waals surface area contributed by atoms with Crippen LogP contribution in [0.3, 0.4) is 0 Å². The average molecular weight is 247 g/mol. The quantitative estimate of drug-likeness (QED) is 0.863. The zero-order chi connectivity index (χ0) is 12.4. The molecule has 0 spiro atoms. The molecule has 3 nitrogen and oxygen atoms in total. The molecule has 0 bridgehead atoms. The van der Waals surface area contributed by atoms with Gasteiger partial charge >= 0.3 is 0 Å². The molecule has 3 heteroatoms. The lowest BCUT2D eigenvalue weighted by Gasteiger charge is -2.20. The van der Waals surface area contributed by atoms with Crippen LogP contribution in [-0.4, -0.2) is 16.3 Å². The zero-order valence-electron chi connectivity index (χ0n) is 11.5. The molecule has 2 aliphatic rings. The fourth-order valence-electron chi connectivity index (χ4n) is 3.53. The standard InChI is InChI=1S/C15H25N3/c1-2-18-15-13(10-6-7-11-16-15)14(17-18)12-8-4-3-5-9-12/h12,16H,2-11H2,1H3. The zero-order valence-corrected chi connectivity index (χ0v) is 11.5. The Hall–Kier alpha value is -0.990. The van der Waals surface area contributed by atoms with Gasteiger partial charge in [-0.3, -0.25) is 0 Å². The summed E-state index contributed by atoms with van der Waals surface area (Å²) < 4.78 is 2.20. The number of fused-ring (bicyclic) bond motifs is 1. The van der Waals surface area contributed by atoms with Crippen LogP contribution in [0.1, 0.15) is 69.0 Å². The highest BCUT2D eigenvalue weighted by Gasteiger charge is 2.25. The summed E-state index contributed by atoms with van der Waals surface area (Å²) in [5.41, 5.74) is 2.97. The molecule has 1 aliphatic heterocycles. The maximum absolute atomic E-state index is 4.93. The Kier molecular flexibility index (Phi) is 3.57. The van der Waals surface area contributed by atoms with E-state index < -0.39 is 0 Å². The van der Waals surface area contributed by atoms with Gasteiger partial charge in [0.2, 0.25) is 0 Å². The van der Waals surface area contributed by atoms with Crippen LogP contribution >= 0.6 is 0 Å². The predicted molar refractivity (Wildman–Crippen MR) is 75.2 cm³/mol. The lowest BCUT2D eigenvalue weighted by Crippen LogP contribution is -2.08. The third kappa shape index (κ3) is 2.15. The van der Waals surface area contributed by atoms with Crippen LogP contribution in [-0.2, 0) is 13.0 Å². The first-order chi connectivity index (χ1) is 8.90. The van der Waals surface area contributed by atoms with E-state index >= 15 is 0 Å². The third-order valence-electron chi connectivity index (χ3n) is 4.52. The molecule has 100 valence electrons. The van der Waals surface area contributed by atoms with Crippen LogP contribution in [0.4, 0.5) is 5.82 Å². The minimum Gasteiger partial charge on any atom is -0.370 e. The van der Waals surface area contributed by atoms with Crippen molar-refractivity contribution in [2.75, 3.05) is 11.9 Å². The van der Waals surface area contributed by atoms with Crippen LogP contribution in [0.15, 0.2) is 0 Å². The van der Waals surface area contributed by atoms with E-state index in [0.717, 1.165) is 19.0 Å². The summed E-state index contributed by atoms with van der Waals surface area (Å²) in [6.45, 7) is 4.30. The molecule has 0 radical (unpaired) electrons. The molecule has 0 saturated heterocycles. The summed E-state index contributed by atoms with van der Waals surface area (Å²) in [7, 11) is 0. The molecule has 1 fully saturated rings. The van der Waals surface area contributed by atoms with E-state index in [9.17, 15) is 0 Å². The fraction of sp³-hybridized carbons (Fsp3) is 0.800. The number of aryl methyl sites for hydroxylation is 1. The van der Waals surface area contributed by atoms with Crippen molar-refractivity contribution in [3.05, 3.63) is 11.3 Å². The minimum absolute atomic E-state index is 0.736. The first-order valence-electron chi connectivity index (χ1n) is 7.73. The first-order valence-corrected chi connectivity index (χ1v) is 7.73. The molecule has 0 atom stereocenters. The Bertz CT molecular complexity index is 402. The second kappa shape index (κ2) is 5.33. The predicted octanol–water partition coefficient (Wildman–Crippen LogP) is 3.70. The van der Waals surface area contributed by atoms with Crippen LogP contribution < -0.4 is 5.32 Å². The molecule has 3 rings (SSSR count). The summed E-state index contributed by atoms with van der Waals surface area (Å²) in [5, 5.41) is 8.53. The summed E-state index contributed by atoms with van der Waals surface area (Å²) in [4.78, 5) is 0. The molecular formula is C15H25N3. The molecule has 1 aromatic rings. The highest BCUT2D eigenvalue weighted by atomic mass is 15.3. The Morgan fingerprint density at radius 3 is 2.78 bits per heavy atom. The van der Waals surface area contributed by atoms with Gasteiger partial charge in [0.25, 0.3) is 0 Å². The van der Waals surface area contributed by atoms with Gasteiger partial charge in [0.05, 0.1) is 5.69 Å². The average Bonchev–Trinajstić information content (AvgIpc) is 2.61. The van der Waals surface area contributed by atoms with E-state index in [1.54, 1.807) is 5.56 Å². The van der Waals surface area contributed by atoms with Gasteiger partial charge in [-0.05, 0) is 39.0 Å². The lowest BCUT2D eigenvalue weighted by atomic mass is 9.85. The lowest BCUT2D eigenvalue weighted by molar-refractivity contribution is 0.430. The van der Waals surface area contributed by atoms with Gasteiger partial charge in [0.15, 0.2) is 0 Å². The topological polar surface area (TPSA) is 29.9 Å². The van der Waals surface area contributed by atoms with E-state index in [4.69, 9.17) is 5.10 Å². The highest BCUT2D eigenvalue weighted by Crippen LogP contribution is 2.37. The van der Waals surface area contributed by atoms with E-state index in [-0.39, 0.29) is 0 Å². The van der Waals surface area contributed by atoms with Crippen molar-refractivity contribution in [1.29, 1.82) is 0 Å². The van der Waals surface area contributed by atoms with Gasteiger partial charge in [0, 0.05) is 24.6 Å². The Labute approximate surface area is 110 Å². The minimum atomic E-state index is 0.736. The van der Waals surface area contributed by atoms with Crippen LogP contribution in [0.25, 0.3) is 0 Å². The largest absolute Gasteiger partial charge is 0.370 e. The van der Waals surface area contributed by atoms with Crippen molar-refractivity contribution in [2.45, 2.75) is 70.8 Å². The normalized spacial score (nSPS) is 21.2. The van der Waals surface area contributed by atoms with Crippen LogP contribution in [0, 0.1) is 0 Å². The number of hydrogen-bond acceptors (Lipinski definition) is 2. The van der Waals surface area contributed by atoms with E-state index in [0.29, 0.717) is 0 Å². The molecule has 1 saturated carbocycles. The Balaban J connectivity index is 1.95. The SMILES string of the molecule is CCn1nc(C2CCCCC2)c2c1NCCCC2. The monoisotopic (exact) mass is 247 g/mol. The molecule has 1 N–H and O–H groups in total. The van der Waals surface area contributed by atoms with Crippen molar-refractivity contribution >= 4 is 5.82 Å². The maximum atomic E-state index is 4.93. The molecule has 2 heterocycles. The van der Waals surface area contributed by atoms with Crippen molar-refractivity contribution in [2.24, 2.45) is 0 Å². The second-order valence-corrected chi connectivity index (χ2v) is 5.75. The molecule has 0 amide bonds. The van der Waals surface area contributed by atoms with E-state index in [1.165, 1.54) is 62.9 Å². The number of rotatable bonds is 2. The van der Waals surface area contributed by atoms with Crippen molar-refractivity contribution in [3.63, 3.8) is 0 Å². The van der Waals surface area contributed by atoms with Gasteiger partial charge in [-0.25, -0.2) is 4.68 Å². The fourth-order valence-corrected chi connectivity index (χ4v) is 3.53. The molecule has 18 heavy (non-hydrogen) atoms. The maximum Gasteiger partial charge on any atom is 0.127 e. The van der Waals surface area contributed by atoms with Crippen LogP contribution in [0.5, 0.6) is 0 Å². The van der Waals surface area contributed by atoms with Gasteiger partial charge in [-0.1, -0.05) is 19.3 Å². The van der Waals surface area contributed by atoms with Gasteiger partial charge < -0.3 is 5.32 Å². The summed E-state index contributed by atoms with van der Waals surface area (Å²) >= 11 is 0. The molecule has 1 aromatic heterocycles. The molecular weight excluding hydrogens is 222 g/mol. The highest BCUT2D eigenvalue weighted by molar-refractivity contribution is 5.50. The molecule has 0 aromatic carbocycles. The molecule has 0 unspecified atom stereocenters. The van der Waals surface area contributed by atoms with Crippen LogP contribution in [0.2, 0.25) is 0 Å². The number of aromatic nitrogens is 2. The first kappa shape index (κ1) is 12.1. The Morgan fingerprint density at radius 2 is 2.00 bits per heavy atom. The van der Waals surface area contributed by atoms with Crippen molar-refractivity contribution in [3.8, 4) is 0 Å². The van der Waals surface area contributed by atoms with Gasteiger partial charge in [-0.15, -0.1) is 0 Å². The summed E-state index contributed by atoms with van der Waals surface area (Å²) in [6, 6.07) is 0. The summed E-state index contributed by atoms with van der Waals surface area (Å²) in [5.74, 6) is 2.07. The number of nitrogens with zero attached hydrogens (tertiary/aromatic N) is 2. The van der Waals surface area contributed by atoms with Gasteiger partial charge in [-0.2, -0.15) is 5.10 Å². The number of anilines is 1. The molecule has 1 aliphatic carbocycles. The van der Waals surface area contributed by atoms with Gasteiger partial charge in [0.1, 0.15) is 5.82 Å². The van der Waals surface area contributed by atoms with E-state index in [2.05, 4.69) is 16.9 Å². The Morgan fingerprint density at radius 1 is 1.17 bits per heavy atom. The van der Waals surface area contributed by atoms with Crippen molar-refractivity contribution in [1.82, 2.24) is 9.78 Å². The third-order valence-corrected chi connectivity index (χ3v) is 4.52. The smallest absolute Gasteiger partial charge is 0.127 e.